The van der Waals surface area contributed by atoms with Gasteiger partial charge in [-0.05, 0) is 0 Å². The van der Waals surface area contributed by atoms with Crippen LogP contribution in [0.3, 0.4) is 0 Å². The highest BCUT2D eigenvalue weighted by molar-refractivity contribution is 5.80. The van der Waals surface area contributed by atoms with Crippen LogP contribution in [-0.4, -0.2) is 67.8 Å². The van der Waals surface area contributed by atoms with Crippen molar-refractivity contribution >= 4 is 17.9 Å². The summed E-state index contributed by atoms with van der Waals surface area (Å²) in [6.07, 6.45) is 0. The number of nitrogens with one attached hydrogen (secondary N) is 2. The minimum atomic E-state index is -1.09. The van der Waals surface area contributed by atoms with Crippen molar-refractivity contribution in [3.8, 4) is 0 Å². The van der Waals surface area contributed by atoms with Gasteiger partial charge in [-0.1, -0.05) is 0 Å². The van der Waals surface area contributed by atoms with Crippen molar-refractivity contribution in [2.75, 3.05) is 39.9 Å². The van der Waals surface area contributed by atoms with Crippen LogP contribution < -0.4 is 10.6 Å². The molecule has 0 saturated heterocycles. The summed E-state index contributed by atoms with van der Waals surface area (Å²) in [6, 6.07) is -0.500. The molecule has 0 aliphatic heterocycles. The Bertz CT molecular complexity index is 295. The molecule has 0 aliphatic carbocycles. The number of urea groups is 1. The standard InChI is InChI=1S/C10H19N3O5/c1-8(14)11-3-4-12-10(17)13(5-6-18-2)7-9(15)16/h3-7H2,1-2H3,(H,11,14)(H,12,17)(H,15,16). The third-order valence-corrected chi connectivity index (χ3v) is 1.95. The lowest BCUT2D eigenvalue weighted by Crippen LogP contribution is -2.46. The number of carbonyl (C=O) groups is 3. The van der Waals surface area contributed by atoms with Crippen LogP contribution in [0.15, 0.2) is 0 Å². The normalized spacial score (nSPS) is 9.67. The summed E-state index contributed by atoms with van der Waals surface area (Å²) >= 11 is 0. The number of ether oxygens (including phenoxy) is 1. The molecule has 0 saturated carbocycles. The molecule has 0 heterocycles. The second-order valence-corrected chi connectivity index (χ2v) is 3.52. The van der Waals surface area contributed by atoms with Crippen LogP contribution in [0.25, 0.3) is 0 Å². The smallest absolute Gasteiger partial charge is 0.323 e. The number of rotatable bonds is 8. The molecule has 3 amide bonds. The number of methoxy groups -OCH3 is 1. The number of aliphatic carboxylic acids is 1. The highest BCUT2D eigenvalue weighted by Crippen LogP contribution is 1.90. The third kappa shape index (κ3) is 8.34. The Morgan fingerprint density at radius 3 is 2.33 bits per heavy atom. The van der Waals surface area contributed by atoms with E-state index in [2.05, 4.69) is 10.6 Å². The van der Waals surface area contributed by atoms with Gasteiger partial charge in [0.25, 0.3) is 0 Å². The van der Waals surface area contributed by atoms with E-state index in [0.717, 1.165) is 4.90 Å². The van der Waals surface area contributed by atoms with Gasteiger partial charge in [-0.2, -0.15) is 0 Å². The molecule has 18 heavy (non-hydrogen) atoms. The molecule has 0 aromatic carbocycles. The molecule has 0 radical (unpaired) electrons. The molecule has 0 aromatic rings. The summed E-state index contributed by atoms with van der Waals surface area (Å²) in [5.74, 6) is -1.28. The van der Waals surface area contributed by atoms with E-state index in [1.165, 1.54) is 14.0 Å². The van der Waals surface area contributed by atoms with Crippen molar-refractivity contribution in [1.29, 1.82) is 0 Å². The molecule has 0 aliphatic rings. The Balaban J connectivity index is 4.03. The number of nitrogens with zero attached hydrogens (tertiary/aromatic N) is 1. The van der Waals surface area contributed by atoms with Crippen LogP contribution >= 0.6 is 0 Å². The fourth-order valence-corrected chi connectivity index (χ4v) is 1.14. The van der Waals surface area contributed by atoms with Gasteiger partial charge in [-0.15, -0.1) is 0 Å². The van der Waals surface area contributed by atoms with E-state index in [9.17, 15) is 14.4 Å². The maximum absolute atomic E-state index is 11.6. The summed E-state index contributed by atoms with van der Waals surface area (Å²) in [7, 11) is 1.47. The Labute approximate surface area is 105 Å². The van der Waals surface area contributed by atoms with Gasteiger partial charge in [-0.3, -0.25) is 9.59 Å². The fraction of sp³-hybridized carbons (Fsp3) is 0.700. The molecule has 104 valence electrons. The average molecular weight is 261 g/mol. The predicted molar refractivity (Wildman–Crippen MR) is 63.2 cm³/mol. The van der Waals surface area contributed by atoms with E-state index >= 15 is 0 Å². The number of carbonyl (C=O) groups excluding carboxylic acids is 2. The summed E-state index contributed by atoms with van der Waals surface area (Å²) in [6.45, 7) is 1.96. The second-order valence-electron chi connectivity index (χ2n) is 3.52. The lowest BCUT2D eigenvalue weighted by atomic mass is 10.5. The monoisotopic (exact) mass is 261 g/mol. The van der Waals surface area contributed by atoms with Crippen molar-refractivity contribution in [2.45, 2.75) is 6.92 Å². The highest BCUT2D eigenvalue weighted by atomic mass is 16.5. The van der Waals surface area contributed by atoms with E-state index in [-0.39, 0.29) is 25.6 Å². The first-order chi connectivity index (χ1) is 8.47. The number of carboxylic acid groups (broad SMARTS) is 1. The Morgan fingerprint density at radius 2 is 1.83 bits per heavy atom. The number of carboxylic acids is 1. The third-order valence-electron chi connectivity index (χ3n) is 1.95. The SMILES string of the molecule is COCCN(CC(=O)O)C(=O)NCCNC(C)=O. The molecule has 0 bridgehead atoms. The number of hydrogen-bond acceptors (Lipinski definition) is 4. The molecule has 0 fully saturated rings. The van der Waals surface area contributed by atoms with Crippen LogP contribution in [-0.2, 0) is 14.3 Å². The lowest BCUT2D eigenvalue weighted by Gasteiger charge is -2.20. The van der Waals surface area contributed by atoms with Crippen LogP contribution in [0.4, 0.5) is 4.79 Å². The molecule has 0 atom stereocenters. The first-order valence-corrected chi connectivity index (χ1v) is 5.45. The maximum atomic E-state index is 11.6. The Hall–Kier alpha value is -1.83. The first-order valence-electron chi connectivity index (χ1n) is 5.45. The second kappa shape index (κ2) is 9.23. The van der Waals surface area contributed by atoms with E-state index < -0.39 is 18.5 Å². The lowest BCUT2D eigenvalue weighted by molar-refractivity contribution is -0.137. The zero-order valence-electron chi connectivity index (χ0n) is 10.6. The average Bonchev–Trinajstić information content (AvgIpc) is 2.29. The van der Waals surface area contributed by atoms with Crippen LogP contribution in [0.5, 0.6) is 0 Å². The number of hydrogen-bond donors (Lipinski definition) is 3. The van der Waals surface area contributed by atoms with Crippen molar-refractivity contribution < 1.29 is 24.2 Å². The summed E-state index contributed by atoms with van der Waals surface area (Å²) in [4.78, 5) is 33.9. The van der Waals surface area contributed by atoms with E-state index in [0.29, 0.717) is 6.54 Å². The minimum absolute atomic E-state index is 0.189. The molecule has 0 spiro atoms. The van der Waals surface area contributed by atoms with Gasteiger partial charge < -0.3 is 25.4 Å². The van der Waals surface area contributed by atoms with Gasteiger partial charge in [-0.25, -0.2) is 4.79 Å². The molecule has 3 N–H and O–H groups in total. The minimum Gasteiger partial charge on any atom is -0.480 e. The Kier molecular flexibility index (Phi) is 8.29. The van der Waals surface area contributed by atoms with Crippen molar-refractivity contribution in [2.24, 2.45) is 0 Å². The van der Waals surface area contributed by atoms with Crippen LogP contribution in [0.1, 0.15) is 6.92 Å². The van der Waals surface area contributed by atoms with Crippen LogP contribution in [0.2, 0.25) is 0 Å². The van der Waals surface area contributed by atoms with Gasteiger partial charge in [0.1, 0.15) is 6.54 Å². The molecule has 8 nitrogen and oxygen atoms in total. The van der Waals surface area contributed by atoms with Gasteiger partial charge >= 0.3 is 12.0 Å². The van der Waals surface area contributed by atoms with Crippen molar-refractivity contribution in [3.63, 3.8) is 0 Å². The predicted octanol–water partition coefficient (Wildman–Crippen LogP) is -1.13. The zero-order valence-corrected chi connectivity index (χ0v) is 10.6. The van der Waals surface area contributed by atoms with E-state index in [1.807, 2.05) is 0 Å². The van der Waals surface area contributed by atoms with Gasteiger partial charge in [0.15, 0.2) is 0 Å². The van der Waals surface area contributed by atoms with Gasteiger partial charge in [0, 0.05) is 33.7 Å². The van der Waals surface area contributed by atoms with E-state index in [1.54, 1.807) is 0 Å². The molecule has 8 heteroatoms. The summed E-state index contributed by atoms with van der Waals surface area (Å²) < 4.78 is 4.79. The number of amides is 3. The van der Waals surface area contributed by atoms with Gasteiger partial charge in [0.05, 0.1) is 6.61 Å². The van der Waals surface area contributed by atoms with E-state index in [4.69, 9.17) is 9.84 Å². The topological polar surface area (TPSA) is 108 Å². The van der Waals surface area contributed by atoms with Crippen molar-refractivity contribution in [3.05, 3.63) is 0 Å². The van der Waals surface area contributed by atoms with Crippen LogP contribution in [0, 0.1) is 0 Å². The van der Waals surface area contributed by atoms with Crippen molar-refractivity contribution in [1.82, 2.24) is 15.5 Å². The quantitative estimate of drug-likeness (QED) is 0.479. The largest absolute Gasteiger partial charge is 0.480 e. The molecular weight excluding hydrogens is 242 g/mol. The fourth-order valence-electron chi connectivity index (χ4n) is 1.14. The van der Waals surface area contributed by atoms with Gasteiger partial charge in [0.2, 0.25) is 5.91 Å². The molecule has 0 unspecified atom stereocenters. The molecule has 0 aromatic heterocycles. The highest BCUT2D eigenvalue weighted by Gasteiger charge is 2.15. The summed E-state index contributed by atoms with van der Waals surface area (Å²) in [5, 5.41) is 13.7. The molecular formula is C10H19N3O5. The Morgan fingerprint density at radius 1 is 1.22 bits per heavy atom. The first kappa shape index (κ1) is 16.2. The molecule has 0 rings (SSSR count). The zero-order chi connectivity index (χ0) is 14.0. The summed E-state index contributed by atoms with van der Waals surface area (Å²) in [5.41, 5.74) is 0. The maximum Gasteiger partial charge on any atom is 0.323 e.